The van der Waals surface area contributed by atoms with E-state index in [0.717, 1.165) is 0 Å². The summed E-state index contributed by atoms with van der Waals surface area (Å²) in [4.78, 5) is 27.0. The molecule has 0 aliphatic rings. The maximum absolute atomic E-state index is 12.0. The molecule has 0 saturated carbocycles. The molecule has 1 aromatic carbocycles. The molecule has 1 aromatic heterocycles. The molecule has 0 fully saturated rings. The number of nitrogens with zero attached hydrogens (tertiary/aromatic N) is 1. The Bertz CT molecular complexity index is 638. The summed E-state index contributed by atoms with van der Waals surface area (Å²) in [7, 11) is 1.31. The second-order valence-electron chi connectivity index (χ2n) is 3.99. The van der Waals surface area contributed by atoms with Crippen LogP contribution in [-0.2, 0) is 4.74 Å². The van der Waals surface area contributed by atoms with Crippen LogP contribution in [0.3, 0.4) is 0 Å². The number of esters is 1. The minimum absolute atomic E-state index is 0.277. The van der Waals surface area contributed by atoms with Crippen LogP contribution in [0.1, 0.15) is 20.7 Å². The largest absolute Gasteiger partial charge is 0.465 e. The molecule has 102 valence electrons. The third kappa shape index (κ3) is 3.11. The van der Waals surface area contributed by atoms with Crippen LogP contribution < -0.4 is 11.1 Å². The standard InChI is InChI=1S/C14H13N3O3/c1-20-14(19)9-2-4-11(5-3-9)17-13(18)10-6-7-16-12(15)8-10/h2-8H,1H3,(H2,15,16)(H,17,18). The number of nitrogens with two attached hydrogens (primary N) is 1. The summed E-state index contributed by atoms with van der Waals surface area (Å²) in [6, 6.07) is 9.43. The van der Waals surface area contributed by atoms with Gasteiger partial charge < -0.3 is 15.8 Å². The second kappa shape index (κ2) is 5.83. The third-order valence-electron chi connectivity index (χ3n) is 2.61. The van der Waals surface area contributed by atoms with Gasteiger partial charge in [-0.3, -0.25) is 4.79 Å². The van der Waals surface area contributed by atoms with Crippen LogP contribution in [-0.4, -0.2) is 24.0 Å². The van der Waals surface area contributed by atoms with Crippen LogP contribution in [0.2, 0.25) is 0 Å². The van der Waals surface area contributed by atoms with Crippen molar-refractivity contribution in [2.45, 2.75) is 0 Å². The van der Waals surface area contributed by atoms with E-state index in [9.17, 15) is 9.59 Å². The fourth-order valence-electron chi connectivity index (χ4n) is 1.60. The van der Waals surface area contributed by atoms with Gasteiger partial charge in [0, 0.05) is 17.4 Å². The summed E-state index contributed by atoms with van der Waals surface area (Å²) < 4.78 is 4.59. The van der Waals surface area contributed by atoms with E-state index in [1.54, 1.807) is 30.3 Å². The number of ether oxygens (including phenoxy) is 1. The molecule has 6 nitrogen and oxygen atoms in total. The number of anilines is 2. The molecule has 0 radical (unpaired) electrons. The molecule has 1 amide bonds. The number of carbonyl (C=O) groups excluding carboxylic acids is 2. The van der Waals surface area contributed by atoms with Crippen molar-refractivity contribution in [3.8, 4) is 0 Å². The van der Waals surface area contributed by atoms with E-state index in [1.165, 1.54) is 19.4 Å². The summed E-state index contributed by atoms with van der Waals surface area (Å²) in [6.07, 6.45) is 1.46. The molecule has 0 unspecified atom stereocenters. The van der Waals surface area contributed by atoms with Gasteiger partial charge in [-0.1, -0.05) is 0 Å². The van der Waals surface area contributed by atoms with E-state index in [0.29, 0.717) is 16.8 Å². The smallest absolute Gasteiger partial charge is 0.337 e. The zero-order chi connectivity index (χ0) is 14.5. The van der Waals surface area contributed by atoms with Gasteiger partial charge in [0.05, 0.1) is 12.7 Å². The molecular weight excluding hydrogens is 258 g/mol. The summed E-state index contributed by atoms with van der Waals surface area (Å²) >= 11 is 0. The first kappa shape index (κ1) is 13.5. The number of nitrogens with one attached hydrogen (secondary N) is 1. The lowest BCUT2D eigenvalue weighted by atomic mass is 10.2. The molecule has 0 saturated heterocycles. The van der Waals surface area contributed by atoms with Gasteiger partial charge >= 0.3 is 5.97 Å². The van der Waals surface area contributed by atoms with Crippen molar-refractivity contribution in [1.82, 2.24) is 4.98 Å². The Hall–Kier alpha value is -2.89. The summed E-state index contributed by atoms with van der Waals surface area (Å²) in [5.41, 5.74) is 6.91. The number of carbonyl (C=O) groups is 2. The van der Waals surface area contributed by atoms with Gasteiger partial charge in [-0.25, -0.2) is 9.78 Å². The monoisotopic (exact) mass is 271 g/mol. The van der Waals surface area contributed by atoms with Crippen molar-refractivity contribution in [1.29, 1.82) is 0 Å². The SMILES string of the molecule is COC(=O)c1ccc(NC(=O)c2ccnc(N)c2)cc1. The fraction of sp³-hybridized carbons (Fsp3) is 0.0714. The van der Waals surface area contributed by atoms with Gasteiger partial charge in [0.1, 0.15) is 5.82 Å². The molecule has 0 aliphatic carbocycles. The molecular formula is C14H13N3O3. The predicted octanol–water partition coefficient (Wildman–Crippen LogP) is 1.70. The van der Waals surface area contributed by atoms with Crippen LogP contribution in [0.15, 0.2) is 42.6 Å². The Morgan fingerprint density at radius 1 is 1.15 bits per heavy atom. The summed E-state index contributed by atoms with van der Waals surface area (Å²) in [5, 5.41) is 2.70. The normalized spacial score (nSPS) is 9.85. The first-order chi connectivity index (χ1) is 9.60. The van der Waals surface area contributed by atoms with E-state index in [-0.39, 0.29) is 11.7 Å². The molecule has 6 heteroatoms. The molecule has 0 atom stereocenters. The molecule has 2 rings (SSSR count). The average Bonchev–Trinajstić information content (AvgIpc) is 2.47. The number of aromatic nitrogens is 1. The predicted molar refractivity (Wildman–Crippen MR) is 74.4 cm³/mol. The number of benzene rings is 1. The minimum Gasteiger partial charge on any atom is -0.465 e. The van der Waals surface area contributed by atoms with Gasteiger partial charge in [-0.15, -0.1) is 0 Å². The highest BCUT2D eigenvalue weighted by Crippen LogP contribution is 2.12. The number of hydrogen-bond donors (Lipinski definition) is 2. The molecule has 3 N–H and O–H groups in total. The maximum Gasteiger partial charge on any atom is 0.337 e. The van der Waals surface area contributed by atoms with Crippen molar-refractivity contribution in [3.63, 3.8) is 0 Å². The first-order valence-corrected chi connectivity index (χ1v) is 5.81. The van der Waals surface area contributed by atoms with E-state index < -0.39 is 5.97 Å². The lowest BCUT2D eigenvalue weighted by Crippen LogP contribution is -2.12. The van der Waals surface area contributed by atoms with Crippen LogP contribution in [0.5, 0.6) is 0 Å². The number of pyridine rings is 1. The second-order valence-corrected chi connectivity index (χ2v) is 3.99. The molecule has 0 spiro atoms. The minimum atomic E-state index is -0.426. The van der Waals surface area contributed by atoms with E-state index in [4.69, 9.17) is 5.73 Å². The Labute approximate surface area is 115 Å². The Morgan fingerprint density at radius 3 is 2.45 bits per heavy atom. The Kier molecular flexibility index (Phi) is 3.95. The zero-order valence-corrected chi connectivity index (χ0v) is 10.8. The van der Waals surface area contributed by atoms with E-state index in [1.807, 2.05) is 0 Å². The number of nitrogen functional groups attached to an aromatic ring is 1. The number of amides is 1. The number of methoxy groups -OCH3 is 1. The van der Waals surface area contributed by atoms with Crippen LogP contribution in [0, 0.1) is 0 Å². The molecule has 0 aliphatic heterocycles. The van der Waals surface area contributed by atoms with Crippen molar-refractivity contribution in [3.05, 3.63) is 53.7 Å². The van der Waals surface area contributed by atoms with Crippen LogP contribution in [0.25, 0.3) is 0 Å². The van der Waals surface area contributed by atoms with Gasteiger partial charge in [-0.2, -0.15) is 0 Å². The van der Waals surface area contributed by atoms with Crippen molar-refractivity contribution in [2.75, 3.05) is 18.2 Å². The van der Waals surface area contributed by atoms with Crippen molar-refractivity contribution < 1.29 is 14.3 Å². The summed E-state index contributed by atoms with van der Waals surface area (Å²) in [6.45, 7) is 0. The zero-order valence-electron chi connectivity index (χ0n) is 10.8. The maximum atomic E-state index is 12.0. The highest BCUT2D eigenvalue weighted by Gasteiger charge is 2.08. The molecule has 2 aromatic rings. The van der Waals surface area contributed by atoms with Crippen molar-refractivity contribution >= 4 is 23.4 Å². The van der Waals surface area contributed by atoms with Gasteiger partial charge in [0.15, 0.2) is 0 Å². The van der Waals surface area contributed by atoms with Crippen molar-refractivity contribution in [2.24, 2.45) is 0 Å². The lowest BCUT2D eigenvalue weighted by Gasteiger charge is -2.06. The number of hydrogen-bond acceptors (Lipinski definition) is 5. The van der Waals surface area contributed by atoms with Gasteiger partial charge in [0.2, 0.25) is 0 Å². The average molecular weight is 271 g/mol. The molecule has 0 bridgehead atoms. The highest BCUT2D eigenvalue weighted by molar-refractivity contribution is 6.04. The third-order valence-corrected chi connectivity index (χ3v) is 2.61. The summed E-state index contributed by atoms with van der Waals surface area (Å²) in [5.74, 6) is -0.451. The van der Waals surface area contributed by atoms with E-state index in [2.05, 4.69) is 15.0 Å². The first-order valence-electron chi connectivity index (χ1n) is 5.81. The quantitative estimate of drug-likeness (QED) is 0.828. The Balaban J connectivity index is 2.10. The van der Waals surface area contributed by atoms with Crippen LogP contribution in [0.4, 0.5) is 11.5 Å². The van der Waals surface area contributed by atoms with Crippen LogP contribution >= 0.6 is 0 Å². The highest BCUT2D eigenvalue weighted by atomic mass is 16.5. The van der Waals surface area contributed by atoms with Gasteiger partial charge in [0.25, 0.3) is 5.91 Å². The lowest BCUT2D eigenvalue weighted by molar-refractivity contribution is 0.0600. The fourth-order valence-corrected chi connectivity index (χ4v) is 1.60. The molecule has 1 heterocycles. The topological polar surface area (TPSA) is 94.3 Å². The van der Waals surface area contributed by atoms with E-state index >= 15 is 0 Å². The number of rotatable bonds is 3. The van der Waals surface area contributed by atoms with Gasteiger partial charge in [-0.05, 0) is 36.4 Å². The Morgan fingerprint density at radius 2 is 1.85 bits per heavy atom. The molecule has 20 heavy (non-hydrogen) atoms.